The summed E-state index contributed by atoms with van der Waals surface area (Å²) in [7, 11) is 2.01. The highest BCUT2D eigenvalue weighted by Gasteiger charge is 2.23. The van der Waals surface area contributed by atoms with Gasteiger partial charge in [0.2, 0.25) is 0 Å². The van der Waals surface area contributed by atoms with E-state index in [9.17, 15) is 5.11 Å². The minimum Gasteiger partial charge on any atom is -0.490 e. The van der Waals surface area contributed by atoms with Crippen molar-refractivity contribution in [1.29, 1.82) is 0 Å². The lowest BCUT2D eigenvalue weighted by molar-refractivity contribution is 0.0638. The lowest BCUT2D eigenvalue weighted by Gasteiger charge is -2.34. The summed E-state index contributed by atoms with van der Waals surface area (Å²) >= 11 is 12.0. The number of piperidine rings is 1. The molecule has 0 aliphatic carbocycles. The molecule has 1 heterocycles. The molecule has 2 aromatic carbocycles. The molecule has 0 bridgehead atoms. The van der Waals surface area contributed by atoms with E-state index in [1.54, 1.807) is 12.1 Å². The molecule has 146 valence electrons. The van der Waals surface area contributed by atoms with E-state index in [1.807, 2.05) is 31.3 Å². The van der Waals surface area contributed by atoms with Crippen molar-refractivity contribution in [2.45, 2.75) is 25.0 Å². The zero-order chi connectivity index (χ0) is 19.2. The van der Waals surface area contributed by atoms with Crippen LogP contribution in [0.25, 0.3) is 0 Å². The maximum absolute atomic E-state index is 10.4. The maximum atomic E-state index is 10.4. The molecule has 0 unspecified atom stereocenters. The third-order valence-electron chi connectivity index (χ3n) is 4.88. The molecule has 0 radical (unpaired) electrons. The van der Waals surface area contributed by atoms with Gasteiger partial charge in [-0.05, 0) is 37.1 Å². The van der Waals surface area contributed by atoms with Crippen LogP contribution in [0.15, 0.2) is 48.5 Å². The van der Waals surface area contributed by atoms with Crippen LogP contribution in [0.4, 0.5) is 5.69 Å². The number of nitrogens with zero attached hydrogens (tertiary/aromatic N) is 2. The van der Waals surface area contributed by atoms with Gasteiger partial charge < -0.3 is 19.6 Å². The molecular weight excluding hydrogens is 383 g/mol. The van der Waals surface area contributed by atoms with Crippen LogP contribution < -0.4 is 9.64 Å². The average molecular weight is 409 g/mol. The number of hydrogen-bond donors (Lipinski definition) is 1. The van der Waals surface area contributed by atoms with E-state index >= 15 is 0 Å². The van der Waals surface area contributed by atoms with E-state index < -0.39 is 0 Å². The summed E-state index contributed by atoms with van der Waals surface area (Å²) in [5.74, 6) is 0.757. The van der Waals surface area contributed by atoms with Gasteiger partial charge in [0, 0.05) is 45.0 Å². The number of likely N-dealkylation sites (N-methyl/N-ethyl adjacent to an activating group) is 1. The Morgan fingerprint density at radius 2 is 1.81 bits per heavy atom. The zero-order valence-corrected chi connectivity index (χ0v) is 17.0. The van der Waals surface area contributed by atoms with Crippen molar-refractivity contribution < 1.29 is 9.84 Å². The van der Waals surface area contributed by atoms with Crippen molar-refractivity contribution in [3.05, 3.63) is 58.6 Å². The molecule has 1 fully saturated rings. The highest BCUT2D eigenvalue weighted by atomic mass is 35.5. The molecule has 27 heavy (non-hydrogen) atoms. The summed E-state index contributed by atoms with van der Waals surface area (Å²) in [5.41, 5.74) is 1.12. The van der Waals surface area contributed by atoms with Crippen LogP contribution in [0.1, 0.15) is 12.8 Å². The molecule has 0 saturated carbocycles. The summed E-state index contributed by atoms with van der Waals surface area (Å²) in [4.78, 5) is 4.39. The fraction of sp³-hybridized carbons (Fsp3) is 0.429. The Morgan fingerprint density at radius 3 is 2.48 bits per heavy atom. The number of rotatable bonds is 7. The number of aliphatic hydroxyl groups is 1. The van der Waals surface area contributed by atoms with E-state index in [2.05, 4.69) is 21.9 Å². The quantitative estimate of drug-likeness (QED) is 0.739. The SMILES string of the molecule is CN(C[C@H](O)CN1CCC(Oc2ccc(Cl)c(Cl)c2)CC1)c1ccccc1. The lowest BCUT2D eigenvalue weighted by atomic mass is 10.1. The molecule has 4 nitrogen and oxygen atoms in total. The summed E-state index contributed by atoms with van der Waals surface area (Å²) in [6, 6.07) is 15.5. The third kappa shape index (κ3) is 6.01. The van der Waals surface area contributed by atoms with Gasteiger partial charge in [-0.3, -0.25) is 0 Å². The molecule has 1 atom stereocenters. The number of likely N-dealkylation sites (tertiary alicyclic amines) is 1. The largest absolute Gasteiger partial charge is 0.490 e. The van der Waals surface area contributed by atoms with Gasteiger partial charge in [0.15, 0.2) is 0 Å². The number of benzene rings is 2. The van der Waals surface area contributed by atoms with Crippen LogP contribution >= 0.6 is 23.2 Å². The third-order valence-corrected chi connectivity index (χ3v) is 5.62. The highest BCUT2D eigenvalue weighted by molar-refractivity contribution is 6.42. The van der Waals surface area contributed by atoms with E-state index in [0.717, 1.165) is 37.4 Å². The number of hydrogen-bond acceptors (Lipinski definition) is 4. The minimum atomic E-state index is -0.386. The Labute approximate surface area is 171 Å². The molecule has 3 rings (SSSR count). The first kappa shape index (κ1) is 20.3. The van der Waals surface area contributed by atoms with Crippen LogP contribution in [0.5, 0.6) is 5.75 Å². The lowest BCUT2D eigenvalue weighted by Crippen LogP contribution is -2.44. The van der Waals surface area contributed by atoms with Crippen molar-refractivity contribution in [3.8, 4) is 5.75 Å². The molecule has 0 aromatic heterocycles. The van der Waals surface area contributed by atoms with Gasteiger partial charge >= 0.3 is 0 Å². The van der Waals surface area contributed by atoms with E-state index in [1.165, 1.54) is 0 Å². The van der Waals surface area contributed by atoms with Crippen molar-refractivity contribution in [1.82, 2.24) is 4.90 Å². The fourth-order valence-electron chi connectivity index (χ4n) is 3.41. The van der Waals surface area contributed by atoms with Gasteiger partial charge in [0.1, 0.15) is 11.9 Å². The second-order valence-corrected chi connectivity index (χ2v) is 7.88. The standard InChI is InChI=1S/C21H26Cl2N2O2/c1-24(16-5-3-2-4-6-16)14-17(26)15-25-11-9-18(10-12-25)27-19-7-8-20(22)21(23)13-19/h2-8,13,17-18,26H,9-12,14-15H2,1H3/t17-/m0/s1. The number of anilines is 1. The number of aliphatic hydroxyl groups excluding tert-OH is 1. The number of ether oxygens (including phenoxy) is 1. The van der Waals surface area contributed by atoms with E-state index in [0.29, 0.717) is 23.1 Å². The Kier molecular flexibility index (Phi) is 7.25. The van der Waals surface area contributed by atoms with Gasteiger partial charge in [-0.15, -0.1) is 0 Å². The smallest absolute Gasteiger partial charge is 0.121 e. The van der Waals surface area contributed by atoms with Crippen LogP contribution in [-0.4, -0.2) is 55.4 Å². The highest BCUT2D eigenvalue weighted by Crippen LogP contribution is 2.28. The van der Waals surface area contributed by atoms with Crippen LogP contribution in [0.3, 0.4) is 0 Å². The summed E-state index contributed by atoms with van der Waals surface area (Å²) in [6.45, 7) is 3.12. The monoisotopic (exact) mass is 408 g/mol. The normalized spacial score (nSPS) is 16.9. The minimum absolute atomic E-state index is 0.169. The summed E-state index contributed by atoms with van der Waals surface area (Å²) in [6.07, 6.45) is 1.65. The second-order valence-electron chi connectivity index (χ2n) is 7.06. The maximum Gasteiger partial charge on any atom is 0.121 e. The van der Waals surface area contributed by atoms with Gasteiger partial charge in [-0.25, -0.2) is 0 Å². The van der Waals surface area contributed by atoms with E-state index in [-0.39, 0.29) is 12.2 Å². The molecule has 1 aliphatic heterocycles. The van der Waals surface area contributed by atoms with Gasteiger partial charge in [-0.2, -0.15) is 0 Å². The molecule has 1 aliphatic rings. The van der Waals surface area contributed by atoms with Gasteiger partial charge in [0.25, 0.3) is 0 Å². The number of para-hydroxylation sites is 1. The van der Waals surface area contributed by atoms with Crippen molar-refractivity contribution in [3.63, 3.8) is 0 Å². The Hall–Kier alpha value is -1.46. The van der Waals surface area contributed by atoms with Crippen LogP contribution in [0, 0.1) is 0 Å². The molecule has 0 spiro atoms. The van der Waals surface area contributed by atoms with Gasteiger partial charge in [0.05, 0.1) is 16.1 Å². The molecule has 6 heteroatoms. The first-order chi connectivity index (χ1) is 13.0. The van der Waals surface area contributed by atoms with Crippen molar-refractivity contribution in [2.75, 3.05) is 38.1 Å². The first-order valence-corrected chi connectivity index (χ1v) is 10.0. The topological polar surface area (TPSA) is 35.9 Å². The Morgan fingerprint density at radius 1 is 1.11 bits per heavy atom. The predicted molar refractivity (Wildman–Crippen MR) is 112 cm³/mol. The molecule has 0 amide bonds. The molecule has 1 saturated heterocycles. The Balaban J connectivity index is 1.41. The van der Waals surface area contributed by atoms with Crippen LogP contribution in [0.2, 0.25) is 10.0 Å². The molecule has 2 aromatic rings. The first-order valence-electron chi connectivity index (χ1n) is 9.29. The summed E-state index contributed by atoms with van der Waals surface area (Å²) < 4.78 is 6.03. The Bertz CT molecular complexity index is 721. The zero-order valence-electron chi connectivity index (χ0n) is 15.5. The number of β-amino-alcohol motifs (C(OH)–C–C–N with tert-alkyl or cyclic N) is 1. The van der Waals surface area contributed by atoms with Crippen molar-refractivity contribution >= 4 is 28.9 Å². The average Bonchev–Trinajstić information content (AvgIpc) is 2.67. The molecular formula is C21H26Cl2N2O2. The van der Waals surface area contributed by atoms with E-state index in [4.69, 9.17) is 27.9 Å². The molecule has 1 N–H and O–H groups in total. The van der Waals surface area contributed by atoms with Crippen molar-refractivity contribution in [2.24, 2.45) is 0 Å². The predicted octanol–water partition coefficient (Wildman–Crippen LogP) is 4.33. The van der Waals surface area contributed by atoms with Crippen LogP contribution in [-0.2, 0) is 0 Å². The summed E-state index contributed by atoms with van der Waals surface area (Å²) in [5, 5.41) is 11.5. The number of halogens is 2. The second kappa shape index (κ2) is 9.65. The van der Waals surface area contributed by atoms with Gasteiger partial charge in [-0.1, -0.05) is 41.4 Å². The fourth-order valence-corrected chi connectivity index (χ4v) is 3.70.